The molecule has 0 saturated heterocycles. The van der Waals surface area contributed by atoms with Crippen molar-refractivity contribution in [2.75, 3.05) is 5.32 Å². The van der Waals surface area contributed by atoms with Crippen LogP contribution < -0.4 is 10.9 Å². The van der Waals surface area contributed by atoms with E-state index in [1.165, 1.54) is 6.33 Å². The number of H-pyrrole nitrogens is 1. The Hall–Kier alpha value is -4.96. The summed E-state index contributed by atoms with van der Waals surface area (Å²) in [6.07, 6.45) is -0.0669. The Morgan fingerprint density at radius 2 is 1.74 bits per heavy atom. The second kappa shape index (κ2) is 10.4. The van der Waals surface area contributed by atoms with Gasteiger partial charge in [0.25, 0.3) is 5.56 Å². The summed E-state index contributed by atoms with van der Waals surface area (Å²) in [4.78, 5) is 33.5. The zero-order valence-corrected chi connectivity index (χ0v) is 21.0. The molecule has 6 rings (SSSR count). The standard InChI is InChI=1S/C29H24FN7O2/c1-18-9-8-14-21-24(18)28(38)37(20-12-6-3-7-13-20)22(33-21)15-23(39-16-19-10-4-2-5-11-19)34-27-25-26(32-17-31-25)35-29(30)36-27/h2-14,17,23H,15-16H2,1H3,(H2,31,32,34,35,36). The quantitative estimate of drug-likeness (QED) is 0.221. The maximum Gasteiger partial charge on any atom is 0.312 e. The van der Waals surface area contributed by atoms with E-state index in [1.807, 2.05) is 85.8 Å². The molecule has 3 heterocycles. The van der Waals surface area contributed by atoms with Crippen LogP contribution in [0, 0.1) is 13.0 Å². The van der Waals surface area contributed by atoms with Crippen molar-refractivity contribution in [2.45, 2.75) is 26.2 Å². The number of anilines is 1. The minimum atomic E-state index is -0.906. The SMILES string of the molecule is Cc1cccc2nc(CC(Nc3nc(F)nc4[nH]cnc34)OCc3ccccc3)n(-c3ccccc3)c(=O)c12. The van der Waals surface area contributed by atoms with Crippen LogP contribution >= 0.6 is 0 Å². The van der Waals surface area contributed by atoms with Crippen molar-refractivity contribution in [3.8, 4) is 5.69 Å². The Morgan fingerprint density at radius 3 is 2.54 bits per heavy atom. The molecular formula is C29H24FN7O2. The highest BCUT2D eigenvalue weighted by atomic mass is 19.1. The van der Waals surface area contributed by atoms with Gasteiger partial charge in [0, 0.05) is 0 Å². The van der Waals surface area contributed by atoms with E-state index in [1.54, 1.807) is 4.57 Å². The minimum absolute atomic E-state index is 0.165. The Balaban J connectivity index is 1.45. The molecule has 0 amide bonds. The van der Waals surface area contributed by atoms with Gasteiger partial charge in [0.05, 0.1) is 35.9 Å². The van der Waals surface area contributed by atoms with E-state index < -0.39 is 12.3 Å². The predicted octanol–water partition coefficient (Wildman–Crippen LogP) is 4.70. The number of nitrogens with zero attached hydrogens (tertiary/aromatic N) is 5. The maximum absolute atomic E-state index is 14.2. The molecule has 6 aromatic rings. The van der Waals surface area contributed by atoms with Crippen molar-refractivity contribution in [1.29, 1.82) is 0 Å². The summed E-state index contributed by atoms with van der Waals surface area (Å²) in [6, 6.07) is 24.6. The van der Waals surface area contributed by atoms with Gasteiger partial charge in [-0.15, -0.1) is 0 Å². The lowest BCUT2D eigenvalue weighted by molar-refractivity contribution is 0.0577. The lowest BCUT2D eigenvalue weighted by Crippen LogP contribution is -2.32. The van der Waals surface area contributed by atoms with Crippen molar-refractivity contribution in [3.63, 3.8) is 0 Å². The zero-order valence-electron chi connectivity index (χ0n) is 21.0. The molecular weight excluding hydrogens is 497 g/mol. The van der Waals surface area contributed by atoms with Gasteiger partial charge in [-0.1, -0.05) is 60.7 Å². The monoisotopic (exact) mass is 521 g/mol. The van der Waals surface area contributed by atoms with Crippen LogP contribution in [-0.4, -0.2) is 35.7 Å². The summed E-state index contributed by atoms with van der Waals surface area (Å²) in [6.45, 7) is 2.16. The number of hydrogen-bond donors (Lipinski definition) is 2. The maximum atomic E-state index is 14.2. The molecule has 0 radical (unpaired) electrons. The van der Waals surface area contributed by atoms with E-state index in [9.17, 15) is 9.18 Å². The number of aromatic nitrogens is 6. The van der Waals surface area contributed by atoms with Gasteiger partial charge in [-0.3, -0.25) is 9.36 Å². The Kier molecular flexibility index (Phi) is 6.52. The number of ether oxygens (including phenoxy) is 1. The van der Waals surface area contributed by atoms with Crippen LogP contribution in [0.3, 0.4) is 0 Å². The van der Waals surface area contributed by atoms with E-state index in [0.717, 1.165) is 11.1 Å². The van der Waals surface area contributed by atoms with Crippen molar-refractivity contribution < 1.29 is 9.13 Å². The molecule has 1 atom stereocenters. The zero-order chi connectivity index (χ0) is 26.8. The number of halogens is 1. The highest BCUT2D eigenvalue weighted by molar-refractivity contribution is 5.82. The smallest absolute Gasteiger partial charge is 0.312 e. The molecule has 0 aliphatic rings. The van der Waals surface area contributed by atoms with E-state index in [4.69, 9.17) is 9.72 Å². The molecule has 9 nitrogen and oxygen atoms in total. The molecule has 0 spiro atoms. The lowest BCUT2D eigenvalue weighted by atomic mass is 10.1. The van der Waals surface area contributed by atoms with Crippen molar-refractivity contribution in [2.24, 2.45) is 0 Å². The van der Waals surface area contributed by atoms with Gasteiger partial charge in [0.2, 0.25) is 0 Å². The highest BCUT2D eigenvalue weighted by Gasteiger charge is 2.21. The van der Waals surface area contributed by atoms with E-state index >= 15 is 0 Å². The second-order valence-electron chi connectivity index (χ2n) is 9.05. The van der Waals surface area contributed by atoms with Crippen LogP contribution in [0.1, 0.15) is 17.0 Å². The molecule has 194 valence electrons. The third-order valence-electron chi connectivity index (χ3n) is 6.40. The molecule has 39 heavy (non-hydrogen) atoms. The average Bonchev–Trinajstić information content (AvgIpc) is 3.41. The first kappa shape index (κ1) is 24.4. The predicted molar refractivity (Wildman–Crippen MR) is 146 cm³/mol. The molecule has 0 aliphatic carbocycles. The third kappa shape index (κ3) is 4.97. The lowest BCUT2D eigenvalue weighted by Gasteiger charge is -2.22. The summed E-state index contributed by atoms with van der Waals surface area (Å²) in [5.41, 5.74) is 3.51. The van der Waals surface area contributed by atoms with Gasteiger partial charge >= 0.3 is 6.08 Å². The fourth-order valence-electron chi connectivity index (χ4n) is 4.57. The number of nitrogens with one attached hydrogen (secondary N) is 2. The van der Waals surface area contributed by atoms with Crippen molar-refractivity contribution in [3.05, 3.63) is 119 Å². The van der Waals surface area contributed by atoms with Gasteiger partial charge in [-0.25, -0.2) is 9.97 Å². The van der Waals surface area contributed by atoms with Gasteiger partial charge in [-0.2, -0.15) is 14.4 Å². The number of hydrogen-bond acceptors (Lipinski definition) is 7. The number of fused-ring (bicyclic) bond motifs is 2. The first-order chi connectivity index (χ1) is 19.1. The van der Waals surface area contributed by atoms with E-state index in [-0.39, 0.29) is 30.1 Å². The topological polar surface area (TPSA) is 111 Å². The van der Waals surface area contributed by atoms with E-state index in [2.05, 4.69) is 25.3 Å². The summed E-state index contributed by atoms with van der Waals surface area (Å²) < 4.78 is 22.1. The normalized spacial score (nSPS) is 12.2. The van der Waals surface area contributed by atoms with Crippen LogP contribution in [0.25, 0.3) is 27.8 Å². The largest absolute Gasteiger partial charge is 0.353 e. The summed E-state index contributed by atoms with van der Waals surface area (Å²) in [5.74, 6) is 0.643. The fourth-order valence-corrected chi connectivity index (χ4v) is 4.57. The average molecular weight is 522 g/mol. The molecule has 3 aromatic carbocycles. The Morgan fingerprint density at radius 1 is 0.974 bits per heavy atom. The van der Waals surface area contributed by atoms with Crippen LogP contribution in [0.5, 0.6) is 0 Å². The molecule has 2 N–H and O–H groups in total. The third-order valence-corrected chi connectivity index (χ3v) is 6.40. The van der Waals surface area contributed by atoms with Crippen LogP contribution in [0.2, 0.25) is 0 Å². The summed E-state index contributed by atoms with van der Waals surface area (Å²) >= 11 is 0. The first-order valence-corrected chi connectivity index (χ1v) is 12.4. The molecule has 10 heteroatoms. The fraction of sp³-hybridized carbons (Fsp3) is 0.138. The van der Waals surface area contributed by atoms with Crippen molar-refractivity contribution >= 4 is 27.9 Å². The van der Waals surface area contributed by atoms with E-state index in [0.29, 0.717) is 27.9 Å². The second-order valence-corrected chi connectivity index (χ2v) is 9.05. The highest BCUT2D eigenvalue weighted by Crippen LogP contribution is 2.21. The molecule has 0 fully saturated rings. The Bertz CT molecular complexity index is 1820. The Labute approximate surface area is 222 Å². The first-order valence-electron chi connectivity index (χ1n) is 12.4. The van der Waals surface area contributed by atoms with Crippen LogP contribution in [0.4, 0.5) is 10.2 Å². The molecule has 0 saturated carbocycles. The van der Waals surface area contributed by atoms with Gasteiger partial charge < -0.3 is 15.0 Å². The molecule has 0 aliphatic heterocycles. The van der Waals surface area contributed by atoms with Gasteiger partial charge in [0.15, 0.2) is 11.5 Å². The number of benzene rings is 3. The number of para-hydroxylation sites is 1. The molecule has 0 bridgehead atoms. The number of aryl methyl sites for hydroxylation is 1. The minimum Gasteiger partial charge on any atom is -0.353 e. The number of imidazole rings is 1. The molecule has 1 unspecified atom stereocenters. The van der Waals surface area contributed by atoms with Crippen LogP contribution in [-0.2, 0) is 17.8 Å². The van der Waals surface area contributed by atoms with Gasteiger partial charge in [-0.05, 0) is 36.2 Å². The van der Waals surface area contributed by atoms with Gasteiger partial charge in [0.1, 0.15) is 17.6 Å². The van der Waals surface area contributed by atoms with Crippen molar-refractivity contribution in [1.82, 2.24) is 29.5 Å². The number of aromatic amines is 1. The number of rotatable bonds is 8. The van der Waals surface area contributed by atoms with Crippen LogP contribution in [0.15, 0.2) is 90.0 Å². The summed E-state index contributed by atoms with van der Waals surface area (Å²) in [7, 11) is 0. The molecule has 3 aromatic heterocycles. The summed E-state index contributed by atoms with van der Waals surface area (Å²) in [5, 5.41) is 3.73.